The second-order valence-corrected chi connectivity index (χ2v) is 6.42. The number of nitrogens with zero attached hydrogens (tertiary/aromatic N) is 1. The van der Waals surface area contributed by atoms with E-state index in [1.165, 1.54) is 6.08 Å². The average Bonchev–Trinajstić information content (AvgIpc) is 2.73. The highest BCUT2D eigenvalue weighted by Gasteiger charge is 2.09. The summed E-state index contributed by atoms with van der Waals surface area (Å²) in [5.74, 6) is 0.0198. The van der Waals surface area contributed by atoms with Gasteiger partial charge in [0.05, 0.1) is 0 Å². The predicted octanol–water partition coefficient (Wildman–Crippen LogP) is 3.80. The Morgan fingerprint density at radius 3 is 2.34 bits per heavy atom. The summed E-state index contributed by atoms with van der Waals surface area (Å²) in [7, 11) is 0. The lowest BCUT2D eigenvalue weighted by molar-refractivity contribution is -0.136. The van der Waals surface area contributed by atoms with Crippen molar-refractivity contribution in [3.63, 3.8) is 0 Å². The van der Waals surface area contributed by atoms with Crippen LogP contribution in [0.2, 0.25) is 0 Å². The Morgan fingerprint density at radius 1 is 1.07 bits per heavy atom. The molecule has 0 aliphatic carbocycles. The maximum atomic E-state index is 12.0. The number of unbranched alkanes of at least 4 members (excludes halogenated alkanes) is 1. The van der Waals surface area contributed by atoms with E-state index in [0.717, 1.165) is 18.4 Å². The molecular formula is C23H24N2O4. The zero-order valence-corrected chi connectivity index (χ0v) is 16.6. The minimum absolute atomic E-state index is 0.0253. The minimum atomic E-state index is -0.526. The summed E-state index contributed by atoms with van der Waals surface area (Å²) in [5, 5.41) is 11.9. The van der Waals surface area contributed by atoms with Gasteiger partial charge in [-0.15, -0.1) is 0 Å². The van der Waals surface area contributed by atoms with Crippen LogP contribution < -0.4 is 14.8 Å². The van der Waals surface area contributed by atoms with E-state index in [2.05, 4.69) is 5.32 Å². The van der Waals surface area contributed by atoms with Crippen molar-refractivity contribution in [1.29, 1.82) is 5.26 Å². The third-order valence-corrected chi connectivity index (χ3v) is 3.98. The van der Waals surface area contributed by atoms with Crippen molar-refractivity contribution in [2.45, 2.75) is 26.7 Å². The monoisotopic (exact) mass is 392 g/mol. The van der Waals surface area contributed by atoms with Crippen molar-refractivity contribution >= 4 is 18.0 Å². The van der Waals surface area contributed by atoms with E-state index < -0.39 is 11.9 Å². The molecule has 0 atom stereocenters. The highest BCUT2D eigenvalue weighted by Crippen LogP contribution is 2.16. The van der Waals surface area contributed by atoms with Crippen LogP contribution in [0, 0.1) is 18.3 Å². The number of carbonyl (C=O) groups is 2. The number of nitrogens with one attached hydrogen (secondary N) is 1. The number of hydrogen-bond donors (Lipinski definition) is 1. The number of hydrogen-bond acceptors (Lipinski definition) is 5. The second-order valence-electron chi connectivity index (χ2n) is 6.42. The first-order valence-corrected chi connectivity index (χ1v) is 9.42. The van der Waals surface area contributed by atoms with E-state index in [9.17, 15) is 14.9 Å². The van der Waals surface area contributed by atoms with Crippen LogP contribution in [0.3, 0.4) is 0 Å². The lowest BCUT2D eigenvalue weighted by atomic mass is 10.1. The molecule has 2 rings (SSSR count). The summed E-state index contributed by atoms with van der Waals surface area (Å²) in [6.45, 7) is 4.32. The summed E-state index contributed by atoms with van der Waals surface area (Å²) in [5.41, 5.74) is 1.78. The Kier molecular flexibility index (Phi) is 8.46. The maximum absolute atomic E-state index is 12.0. The molecule has 0 heterocycles. The summed E-state index contributed by atoms with van der Waals surface area (Å²) in [4.78, 5) is 23.9. The van der Waals surface area contributed by atoms with Crippen molar-refractivity contribution in [1.82, 2.24) is 5.32 Å². The molecule has 150 valence electrons. The van der Waals surface area contributed by atoms with Crippen LogP contribution in [0.1, 0.15) is 30.9 Å². The topological polar surface area (TPSA) is 88.4 Å². The molecule has 0 unspecified atom stereocenters. The number of aryl methyl sites for hydroxylation is 1. The Bertz CT molecular complexity index is 894. The molecular weight excluding hydrogens is 368 g/mol. The summed E-state index contributed by atoms with van der Waals surface area (Å²) >= 11 is 0. The molecule has 0 aromatic heterocycles. The highest BCUT2D eigenvalue weighted by atomic mass is 16.6. The Hall–Kier alpha value is -3.59. The van der Waals surface area contributed by atoms with E-state index >= 15 is 0 Å². The Labute approximate surface area is 170 Å². The standard InChI is InChI=1S/C23H24N2O4/c1-3-4-13-25-23(27)19(15-24)14-18-7-11-21(12-8-18)29-22(26)16-28-20-9-5-17(2)6-10-20/h5-12,14H,3-4,13,16H2,1-2H3,(H,25,27)/b19-14+. The quantitative estimate of drug-likeness (QED) is 0.231. The van der Waals surface area contributed by atoms with Gasteiger partial charge in [0.2, 0.25) is 0 Å². The third-order valence-electron chi connectivity index (χ3n) is 3.98. The molecule has 0 saturated heterocycles. The predicted molar refractivity (Wildman–Crippen MR) is 110 cm³/mol. The van der Waals surface area contributed by atoms with Crippen LogP contribution in [0.15, 0.2) is 54.1 Å². The van der Waals surface area contributed by atoms with Gasteiger partial charge in [0.25, 0.3) is 5.91 Å². The van der Waals surface area contributed by atoms with E-state index in [1.54, 1.807) is 36.4 Å². The zero-order chi connectivity index (χ0) is 21.1. The molecule has 0 fully saturated rings. The van der Waals surface area contributed by atoms with Crippen LogP contribution in [-0.2, 0) is 9.59 Å². The molecule has 0 saturated carbocycles. The van der Waals surface area contributed by atoms with Crippen LogP contribution in [0.25, 0.3) is 6.08 Å². The number of carbonyl (C=O) groups excluding carboxylic acids is 2. The van der Waals surface area contributed by atoms with Crippen molar-refractivity contribution in [3.8, 4) is 17.6 Å². The van der Waals surface area contributed by atoms with E-state index in [1.807, 2.05) is 32.0 Å². The molecule has 6 nitrogen and oxygen atoms in total. The fraction of sp³-hybridized carbons (Fsp3) is 0.261. The lowest BCUT2D eigenvalue weighted by Gasteiger charge is -2.07. The van der Waals surface area contributed by atoms with Gasteiger partial charge < -0.3 is 14.8 Å². The molecule has 2 aromatic carbocycles. The van der Waals surface area contributed by atoms with Gasteiger partial charge in [-0.05, 0) is 49.2 Å². The molecule has 1 N–H and O–H groups in total. The fourth-order valence-electron chi connectivity index (χ4n) is 2.36. The van der Waals surface area contributed by atoms with Gasteiger partial charge >= 0.3 is 5.97 Å². The maximum Gasteiger partial charge on any atom is 0.349 e. The average molecular weight is 392 g/mol. The number of nitriles is 1. The van der Waals surface area contributed by atoms with Crippen LogP contribution in [0.5, 0.6) is 11.5 Å². The first-order valence-electron chi connectivity index (χ1n) is 9.42. The molecule has 2 aromatic rings. The first kappa shape index (κ1) is 21.7. The van der Waals surface area contributed by atoms with Crippen LogP contribution in [-0.4, -0.2) is 25.0 Å². The smallest absolute Gasteiger partial charge is 0.349 e. The largest absolute Gasteiger partial charge is 0.482 e. The SMILES string of the molecule is CCCCNC(=O)/C(C#N)=C/c1ccc(OC(=O)COc2ccc(C)cc2)cc1. The van der Waals surface area contributed by atoms with Crippen LogP contribution in [0.4, 0.5) is 0 Å². The molecule has 1 amide bonds. The first-order chi connectivity index (χ1) is 14.0. The second kappa shape index (κ2) is 11.3. The van der Waals surface area contributed by atoms with Gasteiger partial charge in [0.1, 0.15) is 23.1 Å². The summed E-state index contributed by atoms with van der Waals surface area (Å²) in [6.07, 6.45) is 3.31. The van der Waals surface area contributed by atoms with Gasteiger partial charge in [-0.3, -0.25) is 4.79 Å². The molecule has 0 spiro atoms. The normalized spacial score (nSPS) is 10.7. The summed E-state index contributed by atoms with van der Waals surface area (Å²) < 4.78 is 10.6. The van der Waals surface area contributed by atoms with Gasteiger partial charge in [0, 0.05) is 6.54 Å². The Morgan fingerprint density at radius 2 is 1.72 bits per heavy atom. The van der Waals surface area contributed by atoms with Gasteiger partial charge in [-0.25, -0.2) is 4.79 Å². The van der Waals surface area contributed by atoms with Gasteiger partial charge in [0.15, 0.2) is 6.61 Å². The van der Waals surface area contributed by atoms with Crippen LogP contribution >= 0.6 is 0 Å². The molecule has 29 heavy (non-hydrogen) atoms. The number of amides is 1. The van der Waals surface area contributed by atoms with Crippen molar-refractivity contribution < 1.29 is 19.1 Å². The molecule has 0 radical (unpaired) electrons. The van der Waals surface area contributed by atoms with E-state index in [-0.39, 0.29) is 12.2 Å². The number of benzene rings is 2. The Balaban J connectivity index is 1.89. The van der Waals surface area contributed by atoms with E-state index in [4.69, 9.17) is 9.47 Å². The van der Waals surface area contributed by atoms with Gasteiger partial charge in [-0.1, -0.05) is 43.2 Å². The number of rotatable bonds is 9. The lowest BCUT2D eigenvalue weighted by Crippen LogP contribution is -2.25. The fourth-order valence-corrected chi connectivity index (χ4v) is 2.36. The van der Waals surface area contributed by atoms with Crippen molar-refractivity contribution in [2.75, 3.05) is 13.2 Å². The number of esters is 1. The summed E-state index contributed by atoms with van der Waals surface area (Å²) in [6, 6.07) is 15.8. The zero-order valence-electron chi connectivity index (χ0n) is 16.6. The molecule has 6 heteroatoms. The van der Waals surface area contributed by atoms with Gasteiger partial charge in [-0.2, -0.15) is 5.26 Å². The molecule has 0 aliphatic heterocycles. The van der Waals surface area contributed by atoms with E-state index in [0.29, 0.717) is 23.6 Å². The molecule has 0 bridgehead atoms. The highest BCUT2D eigenvalue weighted by molar-refractivity contribution is 6.01. The third kappa shape index (κ3) is 7.51. The van der Waals surface area contributed by atoms with Crippen molar-refractivity contribution in [2.24, 2.45) is 0 Å². The number of ether oxygens (including phenoxy) is 2. The van der Waals surface area contributed by atoms with Crippen molar-refractivity contribution in [3.05, 3.63) is 65.2 Å². The molecule has 0 aliphatic rings. The minimum Gasteiger partial charge on any atom is -0.482 e.